The van der Waals surface area contributed by atoms with E-state index in [1.54, 1.807) is 4.90 Å². The third kappa shape index (κ3) is 3.83. The molecule has 0 saturated carbocycles. The van der Waals surface area contributed by atoms with E-state index in [1.165, 1.54) is 6.07 Å². The third-order valence-corrected chi connectivity index (χ3v) is 5.17. The molecular formula is C21H20F2N4O2. The molecule has 2 heterocycles. The average Bonchev–Trinajstić information content (AvgIpc) is 3.34. The number of aromatic nitrogens is 2. The fourth-order valence-corrected chi connectivity index (χ4v) is 3.43. The number of benzene rings is 2. The van der Waals surface area contributed by atoms with Crippen LogP contribution in [0.3, 0.4) is 0 Å². The monoisotopic (exact) mass is 398 g/mol. The lowest BCUT2D eigenvalue weighted by molar-refractivity contribution is 0.193. The Bertz CT molecular complexity index is 1070. The van der Waals surface area contributed by atoms with E-state index < -0.39 is 17.7 Å². The highest BCUT2D eigenvalue weighted by molar-refractivity contribution is 5.89. The standard InChI is InChI=1S/C21H20F2N4O2/c1-12-5-7-15(10-13(12)2)24-21(28)27-9-3-4-18(27)20-25-19(26-29-20)16-8-6-14(22)11-17(16)23/h5-8,10-11,18H,3-4,9H2,1-2H3,(H,24,28). The van der Waals surface area contributed by atoms with E-state index in [1.807, 2.05) is 32.0 Å². The number of aryl methyl sites for hydroxylation is 2. The normalized spacial score (nSPS) is 16.3. The van der Waals surface area contributed by atoms with E-state index in [9.17, 15) is 13.6 Å². The van der Waals surface area contributed by atoms with Crippen molar-refractivity contribution in [2.24, 2.45) is 0 Å². The van der Waals surface area contributed by atoms with Crippen LogP contribution in [0, 0.1) is 25.5 Å². The first-order chi connectivity index (χ1) is 13.9. The Morgan fingerprint density at radius 1 is 1.17 bits per heavy atom. The number of hydrogen-bond acceptors (Lipinski definition) is 4. The SMILES string of the molecule is Cc1ccc(NC(=O)N2CCCC2c2nc(-c3ccc(F)cc3F)no2)cc1C. The molecule has 1 aliphatic rings. The third-order valence-electron chi connectivity index (χ3n) is 5.17. The molecule has 1 atom stereocenters. The van der Waals surface area contributed by atoms with Crippen molar-refractivity contribution in [2.45, 2.75) is 32.7 Å². The second kappa shape index (κ2) is 7.62. The number of carbonyl (C=O) groups excluding carboxylic acids is 1. The van der Waals surface area contributed by atoms with Crippen LogP contribution in [0.2, 0.25) is 0 Å². The van der Waals surface area contributed by atoms with Crippen LogP contribution in [0.15, 0.2) is 40.9 Å². The van der Waals surface area contributed by atoms with Gasteiger partial charge in [0.25, 0.3) is 0 Å². The fraction of sp³-hybridized carbons (Fsp3) is 0.286. The maximum absolute atomic E-state index is 14.0. The van der Waals surface area contributed by atoms with Crippen molar-refractivity contribution in [3.63, 3.8) is 0 Å². The molecule has 2 amide bonds. The molecule has 1 aromatic heterocycles. The molecule has 0 aliphatic carbocycles. The molecular weight excluding hydrogens is 378 g/mol. The number of hydrogen-bond donors (Lipinski definition) is 1. The van der Waals surface area contributed by atoms with Gasteiger partial charge in [-0.05, 0) is 62.1 Å². The number of anilines is 1. The predicted octanol–water partition coefficient (Wildman–Crippen LogP) is 5.00. The second-order valence-electron chi connectivity index (χ2n) is 7.16. The Morgan fingerprint density at radius 3 is 2.76 bits per heavy atom. The summed E-state index contributed by atoms with van der Waals surface area (Å²) in [5.74, 6) is -1.19. The lowest BCUT2D eigenvalue weighted by Crippen LogP contribution is -2.34. The van der Waals surface area contributed by atoms with Crippen molar-refractivity contribution in [2.75, 3.05) is 11.9 Å². The van der Waals surface area contributed by atoms with Crippen molar-refractivity contribution < 1.29 is 18.1 Å². The minimum absolute atomic E-state index is 0.0268. The zero-order valence-electron chi connectivity index (χ0n) is 16.1. The van der Waals surface area contributed by atoms with Gasteiger partial charge in [-0.25, -0.2) is 13.6 Å². The number of nitrogens with zero attached hydrogens (tertiary/aromatic N) is 3. The summed E-state index contributed by atoms with van der Waals surface area (Å²) in [4.78, 5) is 18.7. The molecule has 1 aliphatic heterocycles. The van der Waals surface area contributed by atoms with Gasteiger partial charge in [0.05, 0.1) is 5.56 Å². The van der Waals surface area contributed by atoms with Crippen LogP contribution in [0.4, 0.5) is 19.3 Å². The van der Waals surface area contributed by atoms with Gasteiger partial charge in [-0.15, -0.1) is 0 Å². The molecule has 2 aromatic carbocycles. The minimum Gasteiger partial charge on any atom is -0.337 e. The summed E-state index contributed by atoms with van der Waals surface area (Å²) in [6.45, 7) is 4.54. The smallest absolute Gasteiger partial charge is 0.322 e. The zero-order chi connectivity index (χ0) is 20.5. The summed E-state index contributed by atoms with van der Waals surface area (Å²) in [7, 11) is 0. The molecule has 8 heteroatoms. The van der Waals surface area contributed by atoms with Gasteiger partial charge in [0, 0.05) is 18.3 Å². The van der Waals surface area contributed by atoms with Crippen LogP contribution in [0.1, 0.15) is 35.9 Å². The first-order valence-electron chi connectivity index (χ1n) is 9.36. The van der Waals surface area contributed by atoms with Crippen molar-refractivity contribution in [3.05, 3.63) is 65.1 Å². The van der Waals surface area contributed by atoms with Crippen LogP contribution < -0.4 is 5.32 Å². The highest BCUT2D eigenvalue weighted by atomic mass is 19.1. The zero-order valence-corrected chi connectivity index (χ0v) is 16.1. The van der Waals surface area contributed by atoms with Crippen molar-refractivity contribution in [1.82, 2.24) is 15.0 Å². The van der Waals surface area contributed by atoms with Crippen LogP contribution in [0.25, 0.3) is 11.4 Å². The summed E-state index contributed by atoms with van der Waals surface area (Å²) in [6, 6.07) is 8.23. The van der Waals surface area contributed by atoms with E-state index in [-0.39, 0.29) is 23.3 Å². The lowest BCUT2D eigenvalue weighted by atomic mass is 10.1. The first kappa shape index (κ1) is 19.0. The molecule has 4 rings (SSSR count). The topological polar surface area (TPSA) is 71.3 Å². The summed E-state index contributed by atoms with van der Waals surface area (Å²) in [6.07, 6.45) is 1.45. The lowest BCUT2D eigenvalue weighted by Gasteiger charge is -2.22. The molecule has 1 saturated heterocycles. The minimum atomic E-state index is -0.770. The Labute approximate surface area is 166 Å². The maximum atomic E-state index is 14.0. The van der Waals surface area contributed by atoms with Crippen molar-refractivity contribution >= 4 is 11.7 Å². The van der Waals surface area contributed by atoms with E-state index in [0.717, 1.165) is 29.7 Å². The number of urea groups is 1. The number of amides is 2. The van der Waals surface area contributed by atoms with E-state index in [4.69, 9.17) is 4.52 Å². The molecule has 1 N–H and O–H groups in total. The van der Waals surface area contributed by atoms with Gasteiger partial charge < -0.3 is 14.7 Å². The van der Waals surface area contributed by atoms with E-state index in [0.29, 0.717) is 18.7 Å². The summed E-state index contributed by atoms with van der Waals surface area (Å²) < 4.78 is 32.4. The van der Waals surface area contributed by atoms with Crippen LogP contribution in [0.5, 0.6) is 0 Å². The maximum Gasteiger partial charge on any atom is 0.322 e. The van der Waals surface area contributed by atoms with Crippen LogP contribution >= 0.6 is 0 Å². The molecule has 1 unspecified atom stereocenters. The van der Waals surface area contributed by atoms with E-state index in [2.05, 4.69) is 15.5 Å². The Morgan fingerprint density at radius 2 is 2.00 bits per heavy atom. The van der Waals surface area contributed by atoms with Gasteiger partial charge in [-0.2, -0.15) is 4.98 Å². The molecule has 0 spiro atoms. The Kier molecular flexibility index (Phi) is 5.00. The predicted molar refractivity (Wildman–Crippen MR) is 103 cm³/mol. The largest absolute Gasteiger partial charge is 0.337 e. The average molecular weight is 398 g/mol. The van der Waals surface area contributed by atoms with Gasteiger partial charge in [0.15, 0.2) is 0 Å². The van der Waals surface area contributed by atoms with Gasteiger partial charge in [0.1, 0.15) is 17.7 Å². The fourth-order valence-electron chi connectivity index (χ4n) is 3.43. The Balaban J connectivity index is 1.53. The molecule has 0 radical (unpaired) electrons. The highest BCUT2D eigenvalue weighted by Gasteiger charge is 2.34. The van der Waals surface area contributed by atoms with Gasteiger partial charge >= 0.3 is 6.03 Å². The number of nitrogens with one attached hydrogen (secondary N) is 1. The van der Waals surface area contributed by atoms with Crippen molar-refractivity contribution in [1.29, 1.82) is 0 Å². The number of likely N-dealkylation sites (tertiary alicyclic amines) is 1. The molecule has 150 valence electrons. The first-order valence-corrected chi connectivity index (χ1v) is 9.36. The second-order valence-corrected chi connectivity index (χ2v) is 7.16. The number of carbonyl (C=O) groups is 1. The molecule has 0 bridgehead atoms. The highest BCUT2D eigenvalue weighted by Crippen LogP contribution is 2.33. The quantitative estimate of drug-likeness (QED) is 0.674. The van der Waals surface area contributed by atoms with Crippen LogP contribution in [-0.4, -0.2) is 27.6 Å². The van der Waals surface area contributed by atoms with Gasteiger partial charge in [-0.3, -0.25) is 0 Å². The molecule has 3 aromatic rings. The van der Waals surface area contributed by atoms with E-state index >= 15 is 0 Å². The van der Waals surface area contributed by atoms with Crippen molar-refractivity contribution in [3.8, 4) is 11.4 Å². The molecule has 6 nitrogen and oxygen atoms in total. The summed E-state index contributed by atoms with van der Waals surface area (Å²) in [5.41, 5.74) is 2.99. The summed E-state index contributed by atoms with van der Waals surface area (Å²) in [5, 5.41) is 6.71. The number of rotatable bonds is 3. The van der Waals surface area contributed by atoms with Gasteiger partial charge in [0.2, 0.25) is 11.7 Å². The molecule has 29 heavy (non-hydrogen) atoms. The van der Waals surface area contributed by atoms with Gasteiger partial charge in [-0.1, -0.05) is 11.2 Å². The van der Waals surface area contributed by atoms with Crippen LogP contribution in [-0.2, 0) is 0 Å². The summed E-state index contributed by atoms with van der Waals surface area (Å²) >= 11 is 0. The number of halogens is 2. The molecule has 1 fully saturated rings. The Hall–Kier alpha value is -3.29.